The Kier molecular flexibility index (Phi) is 4.27. The van der Waals surface area contributed by atoms with Crippen LogP contribution < -0.4 is 15.0 Å². The van der Waals surface area contributed by atoms with E-state index >= 15 is 0 Å². The van der Waals surface area contributed by atoms with E-state index in [1.807, 2.05) is 43.3 Å². The Morgan fingerprint density at radius 1 is 1.26 bits per heavy atom. The molecule has 3 aromatic rings. The lowest BCUT2D eigenvalue weighted by Gasteiger charge is -2.32. The number of carbonyl (C=O) groups excluding carboxylic acids is 2. The summed E-state index contributed by atoms with van der Waals surface area (Å²) >= 11 is 0. The van der Waals surface area contributed by atoms with Crippen LogP contribution in [0.4, 0.5) is 5.69 Å². The number of aromatic amines is 1. The summed E-state index contributed by atoms with van der Waals surface area (Å²) in [4.78, 5) is 34.3. The first-order valence-corrected chi connectivity index (χ1v) is 8.84. The zero-order valence-electron chi connectivity index (χ0n) is 15.1. The van der Waals surface area contributed by atoms with E-state index in [1.54, 1.807) is 19.1 Å². The Labute approximate surface area is 156 Å². The van der Waals surface area contributed by atoms with Gasteiger partial charge in [0, 0.05) is 0 Å². The minimum Gasteiger partial charge on any atom is -0.479 e. The molecule has 7 heteroatoms. The average molecular weight is 364 g/mol. The summed E-state index contributed by atoms with van der Waals surface area (Å²) in [5, 5.41) is 2.90. The fourth-order valence-electron chi connectivity index (χ4n) is 3.20. The van der Waals surface area contributed by atoms with Crippen LogP contribution in [0.3, 0.4) is 0 Å². The Morgan fingerprint density at radius 3 is 2.81 bits per heavy atom. The topological polar surface area (TPSA) is 87.3 Å². The maximum Gasteiger partial charge on any atom is 0.268 e. The summed E-state index contributed by atoms with van der Waals surface area (Å²) in [5.41, 5.74) is 2.37. The van der Waals surface area contributed by atoms with Gasteiger partial charge in [0.05, 0.1) is 22.8 Å². The van der Waals surface area contributed by atoms with Gasteiger partial charge in [-0.3, -0.25) is 14.5 Å². The number of hydrogen-bond donors (Lipinski definition) is 2. The molecule has 2 aromatic carbocycles. The second-order valence-corrected chi connectivity index (χ2v) is 6.58. The number of nitrogens with one attached hydrogen (secondary N) is 2. The fraction of sp³-hybridized carbons (Fsp3) is 0.250. The van der Waals surface area contributed by atoms with Gasteiger partial charge < -0.3 is 15.0 Å². The molecule has 7 nitrogen and oxygen atoms in total. The number of amides is 2. The molecule has 4 rings (SSSR count). The lowest BCUT2D eigenvalue weighted by Crippen LogP contribution is -2.49. The summed E-state index contributed by atoms with van der Waals surface area (Å²) in [6, 6.07) is 14.6. The molecule has 0 radical (unpaired) electrons. The number of imidazole rings is 1. The van der Waals surface area contributed by atoms with Crippen LogP contribution in [0.15, 0.2) is 48.5 Å². The maximum absolute atomic E-state index is 12.6. The molecular formula is C20H20N4O3. The van der Waals surface area contributed by atoms with Crippen molar-refractivity contribution in [1.29, 1.82) is 0 Å². The van der Waals surface area contributed by atoms with E-state index in [1.165, 1.54) is 4.90 Å². The van der Waals surface area contributed by atoms with Gasteiger partial charge in [-0.2, -0.15) is 0 Å². The van der Waals surface area contributed by atoms with Crippen LogP contribution in [-0.4, -0.2) is 34.4 Å². The van der Waals surface area contributed by atoms with Gasteiger partial charge in [0.25, 0.3) is 5.91 Å². The van der Waals surface area contributed by atoms with E-state index in [9.17, 15) is 9.59 Å². The molecule has 0 fully saturated rings. The third-order valence-corrected chi connectivity index (χ3v) is 4.57. The van der Waals surface area contributed by atoms with Gasteiger partial charge in [0.1, 0.15) is 18.1 Å². The van der Waals surface area contributed by atoms with Gasteiger partial charge in [-0.1, -0.05) is 24.3 Å². The van der Waals surface area contributed by atoms with Crippen molar-refractivity contribution >= 4 is 28.5 Å². The third kappa shape index (κ3) is 3.23. The van der Waals surface area contributed by atoms with Crippen molar-refractivity contribution in [2.75, 3.05) is 11.4 Å². The SMILES string of the molecule is CC1Oc2ccccc2N(CC(=O)N[C@@H](C)c2nc3ccccc3[nH]2)C1=O. The first-order valence-electron chi connectivity index (χ1n) is 8.84. The molecule has 2 heterocycles. The fourth-order valence-corrected chi connectivity index (χ4v) is 3.20. The van der Waals surface area contributed by atoms with Crippen molar-refractivity contribution in [3.63, 3.8) is 0 Å². The number of carbonyl (C=O) groups is 2. The van der Waals surface area contributed by atoms with Crippen LogP contribution >= 0.6 is 0 Å². The molecule has 0 saturated heterocycles. The number of H-pyrrole nitrogens is 1. The molecular weight excluding hydrogens is 344 g/mol. The Hall–Kier alpha value is -3.35. The highest BCUT2D eigenvalue weighted by Gasteiger charge is 2.32. The number of ether oxygens (including phenoxy) is 1. The number of para-hydroxylation sites is 4. The molecule has 1 aliphatic rings. The Bertz CT molecular complexity index is 980. The second-order valence-electron chi connectivity index (χ2n) is 6.58. The van der Waals surface area contributed by atoms with E-state index in [2.05, 4.69) is 15.3 Å². The highest BCUT2D eigenvalue weighted by Crippen LogP contribution is 2.33. The van der Waals surface area contributed by atoms with Crippen LogP contribution in [0.5, 0.6) is 5.75 Å². The molecule has 138 valence electrons. The molecule has 2 amide bonds. The molecule has 0 saturated carbocycles. The van der Waals surface area contributed by atoms with Gasteiger partial charge in [-0.25, -0.2) is 4.98 Å². The predicted molar refractivity (Wildman–Crippen MR) is 102 cm³/mol. The van der Waals surface area contributed by atoms with E-state index in [-0.39, 0.29) is 24.4 Å². The zero-order chi connectivity index (χ0) is 19.0. The number of hydrogen-bond acceptors (Lipinski definition) is 4. The largest absolute Gasteiger partial charge is 0.479 e. The van der Waals surface area contributed by atoms with Gasteiger partial charge in [-0.05, 0) is 38.1 Å². The van der Waals surface area contributed by atoms with Crippen LogP contribution in [0.25, 0.3) is 11.0 Å². The quantitative estimate of drug-likeness (QED) is 0.745. The van der Waals surface area contributed by atoms with Crippen molar-refractivity contribution in [3.8, 4) is 5.75 Å². The number of anilines is 1. The van der Waals surface area contributed by atoms with Crippen molar-refractivity contribution in [2.45, 2.75) is 26.0 Å². The molecule has 1 aromatic heterocycles. The smallest absolute Gasteiger partial charge is 0.268 e. The molecule has 0 spiro atoms. The van der Waals surface area contributed by atoms with Crippen LogP contribution in [0, 0.1) is 0 Å². The minimum absolute atomic E-state index is 0.0753. The minimum atomic E-state index is -0.625. The van der Waals surface area contributed by atoms with Gasteiger partial charge >= 0.3 is 0 Å². The second kappa shape index (κ2) is 6.75. The van der Waals surface area contributed by atoms with Crippen molar-refractivity contribution in [2.24, 2.45) is 0 Å². The van der Waals surface area contributed by atoms with E-state index in [4.69, 9.17) is 4.74 Å². The van der Waals surface area contributed by atoms with E-state index in [0.717, 1.165) is 11.0 Å². The van der Waals surface area contributed by atoms with Crippen LogP contribution in [0.2, 0.25) is 0 Å². The zero-order valence-corrected chi connectivity index (χ0v) is 15.1. The highest BCUT2D eigenvalue weighted by atomic mass is 16.5. The van der Waals surface area contributed by atoms with Gasteiger partial charge in [-0.15, -0.1) is 0 Å². The summed E-state index contributed by atoms with van der Waals surface area (Å²) in [5.74, 6) is 0.773. The van der Waals surface area contributed by atoms with Gasteiger partial charge in [0.15, 0.2) is 6.10 Å². The van der Waals surface area contributed by atoms with E-state index < -0.39 is 6.10 Å². The molecule has 1 aliphatic heterocycles. The average Bonchev–Trinajstić information content (AvgIpc) is 3.10. The first-order chi connectivity index (χ1) is 13.0. The monoisotopic (exact) mass is 364 g/mol. The number of rotatable bonds is 4. The van der Waals surface area contributed by atoms with Crippen LogP contribution in [-0.2, 0) is 9.59 Å². The van der Waals surface area contributed by atoms with Crippen molar-refractivity contribution in [1.82, 2.24) is 15.3 Å². The summed E-state index contributed by atoms with van der Waals surface area (Å²) in [7, 11) is 0. The molecule has 0 bridgehead atoms. The lowest BCUT2D eigenvalue weighted by molar-refractivity contribution is -0.128. The number of benzene rings is 2. The molecule has 2 N–H and O–H groups in total. The summed E-state index contributed by atoms with van der Waals surface area (Å²) in [6.07, 6.45) is -0.625. The normalized spacial score (nSPS) is 17.3. The Balaban J connectivity index is 1.49. The highest BCUT2D eigenvalue weighted by molar-refractivity contribution is 6.03. The third-order valence-electron chi connectivity index (χ3n) is 4.57. The van der Waals surface area contributed by atoms with Crippen molar-refractivity contribution < 1.29 is 14.3 Å². The number of nitrogens with zero attached hydrogens (tertiary/aromatic N) is 2. The lowest BCUT2D eigenvalue weighted by atomic mass is 10.2. The Morgan fingerprint density at radius 2 is 2.00 bits per heavy atom. The molecule has 27 heavy (non-hydrogen) atoms. The number of aromatic nitrogens is 2. The van der Waals surface area contributed by atoms with Crippen LogP contribution in [0.1, 0.15) is 25.7 Å². The molecule has 1 unspecified atom stereocenters. The summed E-state index contributed by atoms with van der Waals surface area (Å²) < 4.78 is 5.60. The first kappa shape index (κ1) is 17.1. The molecule has 2 atom stereocenters. The van der Waals surface area contributed by atoms with Crippen molar-refractivity contribution in [3.05, 3.63) is 54.4 Å². The van der Waals surface area contributed by atoms with E-state index in [0.29, 0.717) is 17.3 Å². The standard InChI is InChI=1S/C20H20N4O3/c1-12(19-22-14-7-3-4-8-15(14)23-19)21-18(25)11-24-16-9-5-6-10-17(16)27-13(2)20(24)26/h3-10,12-13H,11H2,1-2H3,(H,21,25)(H,22,23)/t12-,13?/m0/s1. The number of fused-ring (bicyclic) bond motifs is 2. The summed E-state index contributed by atoms with van der Waals surface area (Å²) in [6.45, 7) is 3.46. The predicted octanol–water partition coefficient (Wildman–Crippen LogP) is 2.55. The van der Waals surface area contributed by atoms with Gasteiger partial charge in [0.2, 0.25) is 5.91 Å². The molecule has 0 aliphatic carbocycles. The maximum atomic E-state index is 12.6.